The Bertz CT molecular complexity index is 1830. The van der Waals surface area contributed by atoms with Crippen LogP contribution in [-0.4, -0.2) is 30.5 Å². The number of hydrogen-bond donors (Lipinski definition) is 2. The van der Waals surface area contributed by atoms with E-state index in [9.17, 15) is 4.79 Å². The first-order valence-corrected chi connectivity index (χ1v) is 12.5. The van der Waals surface area contributed by atoms with Crippen LogP contribution in [0, 0.1) is 6.92 Å². The van der Waals surface area contributed by atoms with Crippen LogP contribution in [-0.2, 0) is 4.79 Å². The zero-order chi connectivity index (χ0) is 26.1. The van der Waals surface area contributed by atoms with E-state index in [0.717, 1.165) is 43.3 Å². The molecule has 0 radical (unpaired) electrons. The number of benzene rings is 2. The lowest BCUT2D eigenvalue weighted by molar-refractivity contribution is -0.111. The molecule has 0 spiro atoms. The molecule has 4 heterocycles. The van der Waals surface area contributed by atoms with E-state index in [4.69, 9.17) is 4.74 Å². The lowest BCUT2D eigenvalue weighted by Gasteiger charge is -2.12. The highest BCUT2D eigenvalue weighted by Crippen LogP contribution is 2.38. The molecular formula is C28H21N7O2S. The van der Waals surface area contributed by atoms with Gasteiger partial charge in [-0.2, -0.15) is 5.10 Å². The van der Waals surface area contributed by atoms with E-state index in [2.05, 4.69) is 37.3 Å². The number of hydrogen-bond acceptors (Lipinski definition) is 8. The number of nitrogens with zero attached hydrogens (tertiary/aromatic N) is 5. The molecule has 2 N–H and O–H groups in total. The van der Waals surface area contributed by atoms with Crippen LogP contribution in [0.5, 0.6) is 11.5 Å². The minimum atomic E-state index is -0.251. The zero-order valence-electron chi connectivity index (χ0n) is 20.3. The highest BCUT2D eigenvalue weighted by atomic mass is 32.1. The number of rotatable bonds is 7. The molecule has 38 heavy (non-hydrogen) atoms. The Labute approximate surface area is 221 Å². The molecule has 6 aromatic rings. The van der Waals surface area contributed by atoms with Crippen LogP contribution >= 0.6 is 11.3 Å². The predicted molar refractivity (Wildman–Crippen MR) is 149 cm³/mol. The molecule has 1 amide bonds. The summed E-state index contributed by atoms with van der Waals surface area (Å²) in [6.07, 6.45) is 6.11. The Morgan fingerprint density at radius 3 is 2.82 bits per heavy atom. The number of thiophene rings is 1. The highest BCUT2D eigenvalue weighted by molar-refractivity contribution is 7.22. The van der Waals surface area contributed by atoms with Gasteiger partial charge in [0, 0.05) is 28.5 Å². The van der Waals surface area contributed by atoms with Crippen molar-refractivity contribution in [1.29, 1.82) is 0 Å². The van der Waals surface area contributed by atoms with Gasteiger partial charge in [0.05, 0.1) is 10.2 Å². The molecule has 0 saturated heterocycles. The molecule has 0 fully saturated rings. The molecular weight excluding hydrogens is 498 g/mol. The van der Waals surface area contributed by atoms with Crippen LogP contribution in [0.2, 0.25) is 0 Å². The normalized spacial score (nSPS) is 11.0. The van der Waals surface area contributed by atoms with Gasteiger partial charge >= 0.3 is 0 Å². The van der Waals surface area contributed by atoms with E-state index in [1.807, 2.05) is 73.8 Å². The van der Waals surface area contributed by atoms with Crippen molar-refractivity contribution in [2.75, 3.05) is 10.6 Å². The van der Waals surface area contributed by atoms with Crippen molar-refractivity contribution in [3.05, 3.63) is 97.7 Å². The van der Waals surface area contributed by atoms with Crippen molar-refractivity contribution in [3.63, 3.8) is 0 Å². The molecule has 4 aromatic heterocycles. The van der Waals surface area contributed by atoms with Gasteiger partial charge in [0.2, 0.25) is 5.91 Å². The first-order chi connectivity index (χ1) is 18.6. The quantitative estimate of drug-likeness (QED) is 0.236. The van der Waals surface area contributed by atoms with Gasteiger partial charge in [-0.25, -0.2) is 19.5 Å². The number of anilines is 3. The van der Waals surface area contributed by atoms with Gasteiger partial charge in [-0.05, 0) is 66.6 Å². The van der Waals surface area contributed by atoms with Crippen molar-refractivity contribution in [2.45, 2.75) is 6.92 Å². The molecule has 0 bridgehead atoms. The molecule has 186 valence electrons. The summed E-state index contributed by atoms with van der Waals surface area (Å²) >= 11 is 1.58. The number of aryl methyl sites for hydroxylation is 1. The fourth-order valence-corrected chi connectivity index (χ4v) is 5.05. The number of amides is 1. The summed E-state index contributed by atoms with van der Waals surface area (Å²) in [6, 6.07) is 19.3. The highest BCUT2D eigenvalue weighted by Gasteiger charge is 2.12. The van der Waals surface area contributed by atoms with E-state index in [1.54, 1.807) is 22.2 Å². The first kappa shape index (κ1) is 23.3. The smallest absolute Gasteiger partial charge is 0.247 e. The van der Waals surface area contributed by atoms with Gasteiger partial charge in [0.15, 0.2) is 11.5 Å². The summed E-state index contributed by atoms with van der Waals surface area (Å²) in [5.41, 5.74) is 5.08. The Morgan fingerprint density at radius 2 is 1.95 bits per heavy atom. The average Bonchev–Trinajstić information content (AvgIpc) is 3.58. The molecule has 9 nitrogen and oxygen atoms in total. The fourth-order valence-electron chi connectivity index (χ4n) is 3.99. The minimum absolute atomic E-state index is 0.251. The van der Waals surface area contributed by atoms with E-state index in [1.165, 1.54) is 12.4 Å². The van der Waals surface area contributed by atoms with Gasteiger partial charge in [-0.15, -0.1) is 11.3 Å². The standard InChI is InChI=1S/C28H21N7O2S/c1-3-26(36)33-19-6-4-5-18(12-19)24-14-22-27(38-24)28(31-15-29-22)34-20-7-8-23(17(2)11-20)37-21-9-10-35-25(13-21)30-16-32-35/h3-16H,1H2,2H3,(H,33,36)(H,29,31,34). The Balaban J connectivity index is 1.24. The molecule has 6 rings (SSSR count). The lowest BCUT2D eigenvalue weighted by Crippen LogP contribution is -2.06. The third-order valence-electron chi connectivity index (χ3n) is 5.83. The molecule has 0 aliphatic carbocycles. The van der Waals surface area contributed by atoms with E-state index in [-0.39, 0.29) is 5.91 Å². The summed E-state index contributed by atoms with van der Waals surface area (Å²) in [4.78, 5) is 25.9. The van der Waals surface area contributed by atoms with E-state index >= 15 is 0 Å². The number of carbonyl (C=O) groups excluding carboxylic acids is 1. The van der Waals surface area contributed by atoms with E-state index in [0.29, 0.717) is 17.3 Å². The Hall–Kier alpha value is -5.09. The van der Waals surface area contributed by atoms with Crippen LogP contribution in [0.15, 0.2) is 92.2 Å². The second kappa shape index (κ2) is 9.75. The third-order valence-corrected chi connectivity index (χ3v) is 7.01. The van der Waals surface area contributed by atoms with Crippen molar-refractivity contribution in [1.82, 2.24) is 24.6 Å². The topological polar surface area (TPSA) is 106 Å². The largest absolute Gasteiger partial charge is 0.457 e. The second-order valence-corrected chi connectivity index (χ2v) is 9.51. The summed E-state index contributed by atoms with van der Waals surface area (Å²) in [5.74, 6) is 1.90. The monoisotopic (exact) mass is 519 g/mol. The molecule has 2 aromatic carbocycles. The van der Waals surface area contributed by atoms with Crippen LogP contribution in [0.25, 0.3) is 26.3 Å². The second-order valence-electron chi connectivity index (χ2n) is 8.45. The molecule has 10 heteroatoms. The number of ether oxygens (including phenoxy) is 1. The number of nitrogens with one attached hydrogen (secondary N) is 2. The number of pyridine rings is 1. The van der Waals surface area contributed by atoms with Crippen molar-refractivity contribution < 1.29 is 9.53 Å². The average molecular weight is 520 g/mol. The van der Waals surface area contributed by atoms with Crippen molar-refractivity contribution >= 4 is 50.3 Å². The zero-order valence-corrected chi connectivity index (χ0v) is 21.1. The first-order valence-electron chi connectivity index (χ1n) is 11.7. The van der Waals surface area contributed by atoms with Crippen LogP contribution < -0.4 is 15.4 Å². The summed E-state index contributed by atoms with van der Waals surface area (Å²) < 4.78 is 8.71. The van der Waals surface area contributed by atoms with Gasteiger partial charge < -0.3 is 15.4 Å². The molecule has 0 atom stereocenters. The predicted octanol–water partition coefficient (Wildman–Crippen LogP) is 6.37. The summed E-state index contributed by atoms with van der Waals surface area (Å²) in [5, 5.41) is 10.3. The Kier molecular flexibility index (Phi) is 5.98. The van der Waals surface area contributed by atoms with Crippen molar-refractivity contribution in [2.24, 2.45) is 0 Å². The maximum absolute atomic E-state index is 11.7. The van der Waals surface area contributed by atoms with Crippen LogP contribution in [0.3, 0.4) is 0 Å². The maximum Gasteiger partial charge on any atom is 0.247 e. The van der Waals surface area contributed by atoms with Gasteiger partial charge in [-0.3, -0.25) is 4.79 Å². The lowest BCUT2D eigenvalue weighted by atomic mass is 10.1. The molecule has 0 saturated carbocycles. The van der Waals surface area contributed by atoms with E-state index < -0.39 is 0 Å². The third kappa shape index (κ3) is 4.67. The minimum Gasteiger partial charge on any atom is -0.457 e. The molecule has 0 unspecified atom stereocenters. The van der Waals surface area contributed by atoms with Gasteiger partial charge in [0.1, 0.15) is 24.2 Å². The molecule has 0 aliphatic heterocycles. The number of aromatic nitrogens is 5. The molecule has 0 aliphatic rings. The summed E-state index contributed by atoms with van der Waals surface area (Å²) in [6.45, 7) is 5.50. The van der Waals surface area contributed by atoms with Crippen molar-refractivity contribution in [3.8, 4) is 21.9 Å². The maximum atomic E-state index is 11.7. The number of fused-ring (bicyclic) bond motifs is 2. The summed E-state index contributed by atoms with van der Waals surface area (Å²) in [7, 11) is 0. The van der Waals surface area contributed by atoms with Gasteiger partial charge in [-0.1, -0.05) is 18.7 Å². The number of carbonyl (C=O) groups is 1. The Morgan fingerprint density at radius 1 is 1.03 bits per heavy atom. The van der Waals surface area contributed by atoms with Crippen LogP contribution in [0.1, 0.15) is 5.56 Å². The SMILES string of the molecule is C=CC(=O)Nc1cccc(-c2cc3ncnc(Nc4ccc(Oc5ccn6ncnc6c5)c(C)c4)c3s2)c1. The van der Waals surface area contributed by atoms with Gasteiger partial charge in [0.25, 0.3) is 0 Å². The van der Waals surface area contributed by atoms with Crippen LogP contribution in [0.4, 0.5) is 17.2 Å². The fraction of sp³-hybridized carbons (Fsp3) is 0.0357.